The highest BCUT2D eigenvalue weighted by molar-refractivity contribution is 6.00. The second-order valence-electron chi connectivity index (χ2n) is 3.95. The maximum absolute atomic E-state index is 13.6. The Labute approximate surface area is 118 Å². The average molecular weight is 294 g/mol. The van der Waals surface area contributed by atoms with Gasteiger partial charge in [-0.1, -0.05) is 11.2 Å². The first kappa shape index (κ1) is 14.4. The van der Waals surface area contributed by atoms with Crippen LogP contribution >= 0.6 is 0 Å². The van der Waals surface area contributed by atoms with Gasteiger partial charge < -0.3 is 20.3 Å². The normalized spacial score (nSPS) is 10.1. The predicted octanol–water partition coefficient (Wildman–Crippen LogP) is 1.27. The molecule has 9 heteroatoms. The Morgan fingerprint density at radius 3 is 2.86 bits per heavy atom. The van der Waals surface area contributed by atoms with Gasteiger partial charge in [0.05, 0.1) is 11.3 Å². The summed E-state index contributed by atoms with van der Waals surface area (Å²) in [7, 11) is 0. The molecule has 21 heavy (non-hydrogen) atoms. The minimum atomic E-state index is -1.34. The van der Waals surface area contributed by atoms with E-state index in [0.29, 0.717) is 12.2 Å². The van der Waals surface area contributed by atoms with Crippen molar-refractivity contribution in [2.45, 2.75) is 6.42 Å². The zero-order valence-corrected chi connectivity index (χ0v) is 10.7. The fourth-order valence-corrected chi connectivity index (χ4v) is 1.58. The molecule has 2 aromatic rings. The number of hydrogen-bond donors (Lipinski definition) is 3. The van der Waals surface area contributed by atoms with Gasteiger partial charge in [0.15, 0.2) is 5.82 Å². The van der Waals surface area contributed by atoms with Crippen LogP contribution in [-0.4, -0.2) is 33.8 Å². The zero-order chi connectivity index (χ0) is 15.2. The number of halogens is 1. The third-order valence-electron chi connectivity index (χ3n) is 2.52. The van der Waals surface area contributed by atoms with Crippen LogP contribution in [-0.2, 0) is 6.42 Å². The number of nitrogens with zero attached hydrogens (tertiary/aromatic N) is 2. The summed E-state index contributed by atoms with van der Waals surface area (Å²) in [5.41, 5.74) is -0.717. The minimum Gasteiger partial charge on any atom is -0.478 e. The first-order valence-corrected chi connectivity index (χ1v) is 5.90. The van der Waals surface area contributed by atoms with E-state index in [2.05, 4.69) is 25.3 Å². The van der Waals surface area contributed by atoms with Crippen molar-refractivity contribution in [3.8, 4) is 0 Å². The van der Waals surface area contributed by atoms with E-state index in [4.69, 9.17) is 5.11 Å². The van der Waals surface area contributed by atoms with Crippen molar-refractivity contribution in [3.05, 3.63) is 41.8 Å². The standard InChI is InChI=1S/C12H11FN4O4/c13-8-3-1-2-7(11(18)19)10(8)16-12(20)14-5-4-9-15-6-21-17-9/h1-3,6H,4-5H2,(H,18,19)(H2,14,16,20). The summed E-state index contributed by atoms with van der Waals surface area (Å²) >= 11 is 0. The highest BCUT2D eigenvalue weighted by atomic mass is 19.1. The van der Waals surface area contributed by atoms with Gasteiger partial charge in [-0.2, -0.15) is 4.98 Å². The molecule has 1 aromatic carbocycles. The van der Waals surface area contributed by atoms with E-state index in [1.54, 1.807) is 0 Å². The van der Waals surface area contributed by atoms with Crippen LogP contribution in [0.5, 0.6) is 0 Å². The number of aromatic nitrogens is 2. The van der Waals surface area contributed by atoms with Crippen LogP contribution in [0.4, 0.5) is 14.9 Å². The molecule has 0 aliphatic carbocycles. The van der Waals surface area contributed by atoms with E-state index >= 15 is 0 Å². The number of aromatic carboxylic acids is 1. The molecule has 1 heterocycles. The fourth-order valence-electron chi connectivity index (χ4n) is 1.58. The molecular weight excluding hydrogens is 283 g/mol. The van der Waals surface area contributed by atoms with Crippen LogP contribution in [0.2, 0.25) is 0 Å². The number of benzene rings is 1. The smallest absolute Gasteiger partial charge is 0.337 e. The molecule has 0 fully saturated rings. The van der Waals surface area contributed by atoms with Gasteiger partial charge in [0, 0.05) is 13.0 Å². The summed E-state index contributed by atoms with van der Waals surface area (Å²) in [6.45, 7) is 0.183. The molecule has 1 aromatic heterocycles. The predicted molar refractivity (Wildman–Crippen MR) is 68.4 cm³/mol. The molecule has 3 N–H and O–H groups in total. The second-order valence-corrected chi connectivity index (χ2v) is 3.95. The van der Waals surface area contributed by atoms with E-state index in [0.717, 1.165) is 12.5 Å². The van der Waals surface area contributed by atoms with Gasteiger partial charge in [-0.15, -0.1) is 0 Å². The Hall–Kier alpha value is -2.97. The third kappa shape index (κ3) is 3.75. The molecule has 0 radical (unpaired) electrons. The van der Waals surface area contributed by atoms with Gasteiger partial charge in [-0.3, -0.25) is 0 Å². The molecule has 0 atom stereocenters. The number of carboxylic acids is 1. The number of anilines is 1. The molecule has 0 aliphatic rings. The largest absolute Gasteiger partial charge is 0.478 e. The van der Waals surface area contributed by atoms with Crippen molar-refractivity contribution in [1.29, 1.82) is 0 Å². The van der Waals surface area contributed by atoms with Crippen LogP contribution in [0.3, 0.4) is 0 Å². The van der Waals surface area contributed by atoms with Gasteiger partial charge in [-0.05, 0) is 12.1 Å². The number of carbonyl (C=O) groups is 2. The van der Waals surface area contributed by atoms with Crippen LogP contribution < -0.4 is 10.6 Å². The molecule has 0 unspecified atom stereocenters. The number of urea groups is 1. The Bertz CT molecular complexity index is 645. The lowest BCUT2D eigenvalue weighted by atomic mass is 10.1. The highest BCUT2D eigenvalue weighted by Crippen LogP contribution is 2.19. The zero-order valence-electron chi connectivity index (χ0n) is 10.7. The lowest BCUT2D eigenvalue weighted by molar-refractivity contribution is 0.0697. The van der Waals surface area contributed by atoms with Crippen molar-refractivity contribution >= 4 is 17.7 Å². The topological polar surface area (TPSA) is 117 Å². The van der Waals surface area contributed by atoms with Gasteiger partial charge in [0.25, 0.3) is 0 Å². The fraction of sp³-hybridized carbons (Fsp3) is 0.167. The summed E-state index contributed by atoms with van der Waals surface area (Å²) in [5.74, 6) is -1.76. The Balaban J connectivity index is 1.95. The van der Waals surface area contributed by atoms with Crippen LogP contribution in [0.25, 0.3) is 0 Å². The molecule has 0 bridgehead atoms. The average Bonchev–Trinajstić information content (AvgIpc) is 2.94. The summed E-state index contributed by atoms with van der Waals surface area (Å²) in [5, 5.41) is 17.1. The number of carbonyl (C=O) groups excluding carboxylic acids is 1. The van der Waals surface area contributed by atoms with Gasteiger partial charge >= 0.3 is 12.0 Å². The molecule has 2 rings (SSSR count). The maximum atomic E-state index is 13.6. The molecule has 0 spiro atoms. The van der Waals surface area contributed by atoms with Crippen LogP contribution in [0.1, 0.15) is 16.2 Å². The SMILES string of the molecule is O=C(NCCc1ncon1)Nc1c(F)cccc1C(=O)O. The first-order valence-electron chi connectivity index (χ1n) is 5.90. The molecule has 0 saturated carbocycles. The number of nitrogens with one attached hydrogen (secondary N) is 2. The van der Waals surface area contributed by atoms with Crippen molar-refractivity contribution in [2.24, 2.45) is 0 Å². The third-order valence-corrected chi connectivity index (χ3v) is 2.52. The van der Waals surface area contributed by atoms with Crippen molar-refractivity contribution in [2.75, 3.05) is 11.9 Å². The van der Waals surface area contributed by atoms with E-state index in [1.165, 1.54) is 12.1 Å². The highest BCUT2D eigenvalue weighted by Gasteiger charge is 2.16. The number of carboxylic acid groups (broad SMARTS) is 1. The monoisotopic (exact) mass is 294 g/mol. The van der Waals surface area contributed by atoms with Gasteiger partial charge in [0.1, 0.15) is 5.82 Å². The summed E-state index contributed by atoms with van der Waals surface area (Å²) in [6, 6.07) is 2.77. The van der Waals surface area contributed by atoms with Crippen molar-refractivity contribution < 1.29 is 23.6 Å². The molecule has 110 valence electrons. The molecule has 8 nitrogen and oxygen atoms in total. The Kier molecular flexibility index (Phi) is 4.44. The summed E-state index contributed by atoms with van der Waals surface area (Å²) in [4.78, 5) is 26.3. The van der Waals surface area contributed by atoms with Crippen molar-refractivity contribution in [3.63, 3.8) is 0 Å². The summed E-state index contributed by atoms with van der Waals surface area (Å²) < 4.78 is 18.1. The number of hydrogen-bond acceptors (Lipinski definition) is 5. The van der Waals surface area contributed by atoms with Gasteiger partial charge in [-0.25, -0.2) is 14.0 Å². The van der Waals surface area contributed by atoms with E-state index in [-0.39, 0.29) is 17.8 Å². The molecular formula is C12H11FN4O4. The Morgan fingerprint density at radius 1 is 1.38 bits per heavy atom. The lowest BCUT2D eigenvalue weighted by Gasteiger charge is -2.10. The number of amides is 2. The molecule has 0 aliphatic heterocycles. The van der Waals surface area contributed by atoms with E-state index in [9.17, 15) is 14.0 Å². The van der Waals surface area contributed by atoms with E-state index in [1.807, 2.05) is 0 Å². The molecule has 0 saturated heterocycles. The van der Waals surface area contributed by atoms with Gasteiger partial charge in [0.2, 0.25) is 6.39 Å². The second kappa shape index (κ2) is 6.46. The maximum Gasteiger partial charge on any atom is 0.337 e. The molecule has 2 amide bonds. The lowest BCUT2D eigenvalue weighted by Crippen LogP contribution is -2.31. The first-order chi connectivity index (χ1) is 10.1. The van der Waals surface area contributed by atoms with Crippen LogP contribution in [0.15, 0.2) is 29.1 Å². The van der Waals surface area contributed by atoms with Crippen LogP contribution in [0, 0.1) is 5.82 Å². The Morgan fingerprint density at radius 2 is 2.19 bits per heavy atom. The van der Waals surface area contributed by atoms with Crippen molar-refractivity contribution in [1.82, 2.24) is 15.5 Å². The number of para-hydroxylation sites is 1. The summed E-state index contributed by atoms with van der Waals surface area (Å²) in [6.07, 6.45) is 1.49. The van der Waals surface area contributed by atoms with E-state index < -0.39 is 17.8 Å². The number of rotatable bonds is 5. The quantitative estimate of drug-likeness (QED) is 0.764. The minimum absolute atomic E-state index is 0.183.